The number of nitrogens with zero attached hydrogens (tertiary/aromatic N) is 3. The average molecular weight is 482 g/mol. The number of anilines is 1. The van der Waals surface area contributed by atoms with Gasteiger partial charge in [-0.1, -0.05) is 22.9 Å². The van der Waals surface area contributed by atoms with Crippen LogP contribution >= 0.6 is 35.3 Å². The van der Waals surface area contributed by atoms with Crippen molar-refractivity contribution < 1.29 is 14.3 Å². The van der Waals surface area contributed by atoms with Gasteiger partial charge in [0.2, 0.25) is 0 Å². The minimum atomic E-state index is -0.0753. The van der Waals surface area contributed by atoms with Gasteiger partial charge in [0.25, 0.3) is 5.91 Å². The molecule has 4 rings (SSSR count). The summed E-state index contributed by atoms with van der Waals surface area (Å²) in [5, 5.41) is 1.36. The number of amides is 1. The lowest BCUT2D eigenvalue weighted by molar-refractivity contribution is 0.0391. The molecule has 1 aliphatic rings. The molecule has 1 aromatic heterocycles. The van der Waals surface area contributed by atoms with Crippen LogP contribution in [-0.2, 0) is 4.74 Å². The molecule has 3 aromatic rings. The fourth-order valence-corrected chi connectivity index (χ4v) is 4.94. The number of aromatic nitrogens is 1. The van der Waals surface area contributed by atoms with Gasteiger partial charge in [-0.05, 0) is 48.9 Å². The number of hydrogen-bond donors (Lipinski definition) is 0. The molecular formula is C22H25Cl2N3O3S. The lowest BCUT2D eigenvalue weighted by Crippen LogP contribution is -2.43. The largest absolute Gasteiger partial charge is 0.497 e. The summed E-state index contributed by atoms with van der Waals surface area (Å²) in [5.74, 6) is 0.644. The van der Waals surface area contributed by atoms with Crippen LogP contribution in [0, 0.1) is 6.92 Å². The van der Waals surface area contributed by atoms with Crippen molar-refractivity contribution in [1.82, 2.24) is 9.88 Å². The summed E-state index contributed by atoms with van der Waals surface area (Å²) >= 11 is 7.72. The Hall–Kier alpha value is -1.90. The number of halogens is 2. The van der Waals surface area contributed by atoms with Gasteiger partial charge in [-0.3, -0.25) is 14.6 Å². The first-order valence-corrected chi connectivity index (χ1v) is 11.1. The van der Waals surface area contributed by atoms with Crippen LogP contribution in [0.15, 0.2) is 36.4 Å². The van der Waals surface area contributed by atoms with E-state index in [1.54, 1.807) is 36.3 Å². The highest BCUT2D eigenvalue weighted by molar-refractivity contribution is 7.22. The van der Waals surface area contributed by atoms with Gasteiger partial charge >= 0.3 is 0 Å². The molecule has 0 unspecified atom stereocenters. The molecule has 0 N–H and O–H groups in total. The summed E-state index contributed by atoms with van der Waals surface area (Å²) in [6, 6.07) is 11.0. The average Bonchev–Trinajstić information content (AvgIpc) is 3.18. The van der Waals surface area contributed by atoms with Crippen LogP contribution < -0.4 is 9.64 Å². The summed E-state index contributed by atoms with van der Waals surface area (Å²) in [4.78, 5) is 22.3. The zero-order valence-corrected chi connectivity index (χ0v) is 19.9. The molecule has 1 aliphatic heterocycles. The first-order chi connectivity index (χ1) is 14.5. The monoisotopic (exact) mass is 481 g/mol. The van der Waals surface area contributed by atoms with E-state index in [4.69, 9.17) is 26.1 Å². The Morgan fingerprint density at radius 2 is 1.97 bits per heavy atom. The highest BCUT2D eigenvalue weighted by atomic mass is 35.5. The zero-order chi connectivity index (χ0) is 21.1. The van der Waals surface area contributed by atoms with Crippen LogP contribution in [0.2, 0.25) is 5.02 Å². The fourth-order valence-electron chi connectivity index (χ4n) is 3.50. The van der Waals surface area contributed by atoms with Crippen LogP contribution in [0.25, 0.3) is 10.2 Å². The quantitative estimate of drug-likeness (QED) is 0.511. The van der Waals surface area contributed by atoms with Crippen molar-refractivity contribution in [1.29, 1.82) is 0 Å². The number of benzene rings is 2. The maximum absolute atomic E-state index is 13.4. The summed E-state index contributed by atoms with van der Waals surface area (Å²) in [5.41, 5.74) is 2.50. The number of carbonyl (C=O) groups is 1. The third-order valence-corrected chi connectivity index (χ3v) is 6.44. The Kier molecular flexibility index (Phi) is 8.13. The van der Waals surface area contributed by atoms with Crippen molar-refractivity contribution in [2.24, 2.45) is 0 Å². The summed E-state index contributed by atoms with van der Waals surface area (Å²) in [6.45, 7) is 6.51. The van der Waals surface area contributed by atoms with Gasteiger partial charge in [0, 0.05) is 36.8 Å². The fraction of sp³-hybridized carbons (Fsp3) is 0.364. The third-order valence-electron chi connectivity index (χ3n) is 5.20. The minimum Gasteiger partial charge on any atom is -0.497 e. The SMILES string of the molecule is COc1ccc(C(=O)N(CCN2CCOCC2)c2nc3c(C)cc(Cl)cc3s2)cc1.Cl. The van der Waals surface area contributed by atoms with Crippen molar-refractivity contribution in [3.63, 3.8) is 0 Å². The number of rotatable bonds is 6. The van der Waals surface area contributed by atoms with Gasteiger partial charge < -0.3 is 9.47 Å². The van der Waals surface area contributed by atoms with Gasteiger partial charge in [0.05, 0.1) is 30.5 Å². The second-order valence-electron chi connectivity index (χ2n) is 7.21. The summed E-state index contributed by atoms with van der Waals surface area (Å²) < 4.78 is 11.6. The van der Waals surface area contributed by atoms with Crippen molar-refractivity contribution >= 4 is 56.6 Å². The van der Waals surface area contributed by atoms with E-state index in [2.05, 4.69) is 4.90 Å². The Bertz CT molecular complexity index is 1040. The lowest BCUT2D eigenvalue weighted by Gasteiger charge is -2.29. The normalized spacial score (nSPS) is 14.3. The maximum Gasteiger partial charge on any atom is 0.260 e. The van der Waals surface area contributed by atoms with Crippen LogP contribution in [0.3, 0.4) is 0 Å². The molecular weight excluding hydrogens is 457 g/mol. The highest BCUT2D eigenvalue weighted by Gasteiger charge is 2.23. The molecule has 0 atom stereocenters. The van der Waals surface area contributed by atoms with Crippen LogP contribution in [0.5, 0.6) is 5.75 Å². The smallest absolute Gasteiger partial charge is 0.260 e. The molecule has 0 bridgehead atoms. The predicted octanol–water partition coefficient (Wildman–Crippen LogP) is 4.67. The van der Waals surface area contributed by atoms with Crippen LogP contribution in [0.4, 0.5) is 5.13 Å². The van der Waals surface area contributed by atoms with E-state index in [0.29, 0.717) is 22.3 Å². The first kappa shape index (κ1) is 23.8. The molecule has 2 aromatic carbocycles. The molecule has 9 heteroatoms. The molecule has 2 heterocycles. The summed E-state index contributed by atoms with van der Waals surface area (Å²) in [6.07, 6.45) is 0. The number of carbonyl (C=O) groups excluding carboxylic acids is 1. The second-order valence-corrected chi connectivity index (χ2v) is 8.65. The molecule has 166 valence electrons. The molecule has 0 spiro atoms. The molecule has 0 saturated carbocycles. The Balaban J connectivity index is 0.00000272. The van der Waals surface area contributed by atoms with Gasteiger partial charge in [-0.25, -0.2) is 4.98 Å². The van der Waals surface area contributed by atoms with Crippen molar-refractivity contribution in [2.45, 2.75) is 6.92 Å². The van der Waals surface area contributed by atoms with Gasteiger partial charge in [-0.15, -0.1) is 12.4 Å². The molecule has 31 heavy (non-hydrogen) atoms. The van der Waals surface area contributed by atoms with Gasteiger partial charge in [0.15, 0.2) is 5.13 Å². The highest BCUT2D eigenvalue weighted by Crippen LogP contribution is 2.33. The van der Waals surface area contributed by atoms with E-state index in [1.165, 1.54) is 11.3 Å². The standard InChI is InChI=1S/C22H24ClN3O3S.ClH/c1-15-13-17(23)14-19-20(15)24-22(30-19)26(8-7-25-9-11-29-12-10-25)21(27)16-3-5-18(28-2)6-4-16;/h3-6,13-14H,7-12H2,1-2H3;1H. The second kappa shape index (κ2) is 10.6. The Labute approximate surface area is 197 Å². The molecule has 1 saturated heterocycles. The lowest BCUT2D eigenvalue weighted by atomic mass is 10.2. The van der Waals surface area contributed by atoms with Crippen LogP contribution in [0.1, 0.15) is 15.9 Å². The molecule has 0 radical (unpaired) electrons. The number of ether oxygens (including phenoxy) is 2. The van der Waals surface area contributed by atoms with Crippen molar-refractivity contribution in [2.75, 3.05) is 51.4 Å². The Morgan fingerprint density at radius 1 is 1.26 bits per heavy atom. The van der Waals surface area contributed by atoms with E-state index >= 15 is 0 Å². The van der Waals surface area contributed by atoms with E-state index < -0.39 is 0 Å². The van der Waals surface area contributed by atoms with Crippen LogP contribution in [-0.4, -0.2) is 62.3 Å². The third kappa shape index (κ3) is 5.48. The number of methoxy groups -OCH3 is 1. The van der Waals surface area contributed by atoms with E-state index in [-0.39, 0.29) is 18.3 Å². The molecule has 1 amide bonds. The van der Waals surface area contributed by atoms with E-state index in [1.807, 2.05) is 19.1 Å². The maximum atomic E-state index is 13.4. The van der Waals surface area contributed by atoms with Gasteiger partial charge in [0.1, 0.15) is 5.75 Å². The molecule has 6 nitrogen and oxygen atoms in total. The van der Waals surface area contributed by atoms with Crippen molar-refractivity contribution in [3.05, 3.63) is 52.5 Å². The van der Waals surface area contributed by atoms with E-state index in [0.717, 1.165) is 54.4 Å². The number of hydrogen-bond acceptors (Lipinski definition) is 6. The summed E-state index contributed by atoms with van der Waals surface area (Å²) in [7, 11) is 1.61. The first-order valence-electron chi connectivity index (χ1n) is 9.88. The zero-order valence-electron chi connectivity index (χ0n) is 17.5. The van der Waals surface area contributed by atoms with Gasteiger partial charge in [-0.2, -0.15) is 0 Å². The Morgan fingerprint density at radius 3 is 2.65 bits per heavy atom. The topological polar surface area (TPSA) is 54.9 Å². The van der Waals surface area contributed by atoms with Crippen molar-refractivity contribution in [3.8, 4) is 5.75 Å². The van der Waals surface area contributed by atoms with E-state index in [9.17, 15) is 4.79 Å². The number of aryl methyl sites for hydroxylation is 1. The number of thiazole rings is 1. The minimum absolute atomic E-state index is 0. The number of fused-ring (bicyclic) bond motifs is 1. The predicted molar refractivity (Wildman–Crippen MR) is 129 cm³/mol. The number of morpholine rings is 1. The molecule has 1 fully saturated rings. The molecule has 0 aliphatic carbocycles.